The number of pyridine rings is 1. The van der Waals surface area contributed by atoms with Crippen LogP contribution in [0.1, 0.15) is 56.2 Å². The molecule has 20 heavy (non-hydrogen) atoms. The van der Waals surface area contributed by atoms with E-state index in [9.17, 15) is 0 Å². The van der Waals surface area contributed by atoms with E-state index in [4.69, 9.17) is 4.98 Å². The van der Waals surface area contributed by atoms with Crippen molar-refractivity contribution in [2.45, 2.75) is 52.0 Å². The lowest BCUT2D eigenvalue weighted by molar-refractivity contribution is 0.157. The molecule has 2 saturated heterocycles. The van der Waals surface area contributed by atoms with Crippen molar-refractivity contribution in [3.8, 4) is 0 Å². The summed E-state index contributed by atoms with van der Waals surface area (Å²) in [6, 6.07) is 2.98. The van der Waals surface area contributed by atoms with Gasteiger partial charge in [-0.05, 0) is 62.9 Å². The number of nitrogens with zero attached hydrogens (tertiary/aromatic N) is 3. The number of anilines is 1. The van der Waals surface area contributed by atoms with Crippen LogP contribution in [0, 0.1) is 6.92 Å². The zero-order valence-electron chi connectivity index (χ0n) is 12.9. The Labute approximate surface area is 123 Å². The molecule has 1 aromatic rings. The molecular formula is C17H27N3. The molecule has 2 aliphatic rings. The van der Waals surface area contributed by atoms with Crippen molar-refractivity contribution >= 4 is 5.82 Å². The molecule has 0 amide bonds. The number of aryl methyl sites for hydroxylation is 1. The molecule has 0 aromatic carbocycles. The Balaban J connectivity index is 1.81. The Morgan fingerprint density at radius 3 is 2.60 bits per heavy atom. The Bertz CT molecular complexity index is 452. The SMILES string of the molecule is CCN1CCCC[C@@H]1c1cnc(N2CCCC2)c(C)c1. The number of piperidine rings is 1. The third-order valence-corrected chi connectivity index (χ3v) is 4.88. The highest BCUT2D eigenvalue weighted by Gasteiger charge is 2.24. The van der Waals surface area contributed by atoms with E-state index in [0.717, 1.165) is 6.54 Å². The van der Waals surface area contributed by atoms with Crippen LogP contribution in [-0.4, -0.2) is 36.1 Å². The summed E-state index contributed by atoms with van der Waals surface area (Å²) in [6.45, 7) is 9.25. The fraction of sp³-hybridized carbons (Fsp3) is 0.706. The van der Waals surface area contributed by atoms with Crippen LogP contribution in [0.3, 0.4) is 0 Å². The van der Waals surface area contributed by atoms with E-state index in [2.05, 4.69) is 35.9 Å². The van der Waals surface area contributed by atoms with E-state index < -0.39 is 0 Å². The molecule has 0 saturated carbocycles. The van der Waals surface area contributed by atoms with Crippen LogP contribution in [0.2, 0.25) is 0 Å². The van der Waals surface area contributed by atoms with Gasteiger partial charge in [-0.15, -0.1) is 0 Å². The van der Waals surface area contributed by atoms with Crippen molar-refractivity contribution in [1.82, 2.24) is 9.88 Å². The van der Waals surface area contributed by atoms with Gasteiger partial charge in [-0.1, -0.05) is 13.3 Å². The zero-order chi connectivity index (χ0) is 13.9. The summed E-state index contributed by atoms with van der Waals surface area (Å²) in [5.74, 6) is 1.21. The molecule has 3 nitrogen and oxygen atoms in total. The van der Waals surface area contributed by atoms with Crippen molar-refractivity contribution in [2.75, 3.05) is 31.1 Å². The molecule has 1 atom stereocenters. The summed E-state index contributed by atoms with van der Waals surface area (Å²) < 4.78 is 0. The van der Waals surface area contributed by atoms with Gasteiger partial charge in [0.1, 0.15) is 5.82 Å². The first kappa shape index (κ1) is 13.9. The molecule has 0 bridgehead atoms. The molecule has 0 aliphatic carbocycles. The lowest BCUT2D eigenvalue weighted by Gasteiger charge is -2.35. The zero-order valence-corrected chi connectivity index (χ0v) is 12.9. The smallest absolute Gasteiger partial charge is 0.131 e. The molecule has 3 heterocycles. The monoisotopic (exact) mass is 273 g/mol. The van der Waals surface area contributed by atoms with Gasteiger partial charge < -0.3 is 4.90 Å². The van der Waals surface area contributed by atoms with Crippen molar-refractivity contribution in [3.63, 3.8) is 0 Å². The molecule has 0 spiro atoms. The van der Waals surface area contributed by atoms with Gasteiger partial charge in [0.2, 0.25) is 0 Å². The molecule has 2 aliphatic heterocycles. The largest absolute Gasteiger partial charge is 0.356 e. The van der Waals surface area contributed by atoms with Gasteiger partial charge in [-0.3, -0.25) is 4.90 Å². The molecule has 3 rings (SSSR count). The van der Waals surface area contributed by atoms with Gasteiger partial charge in [0, 0.05) is 25.3 Å². The van der Waals surface area contributed by atoms with Gasteiger partial charge in [0.05, 0.1) is 0 Å². The third kappa shape index (κ3) is 2.69. The van der Waals surface area contributed by atoms with Crippen LogP contribution in [0.25, 0.3) is 0 Å². The summed E-state index contributed by atoms with van der Waals surface area (Å²) in [7, 11) is 0. The standard InChI is InChI=1S/C17H27N3/c1-3-19-9-5-4-8-16(19)15-12-14(2)17(18-13-15)20-10-6-7-11-20/h12-13,16H,3-11H2,1-2H3/t16-/m1/s1. The predicted octanol–water partition coefficient (Wildman–Crippen LogP) is 3.54. The van der Waals surface area contributed by atoms with Crippen LogP contribution in [0.5, 0.6) is 0 Å². The van der Waals surface area contributed by atoms with E-state index in [1.54, 1.807) is 0 Å². The Morgan fingerprint density at radius 1 is 1.15 bits per heavy atom. The van der Waals surface area contributed by atoms with Crippen molar-refractivity contribution in [1.29, 1.82) is 0 Å². The molecule has 110 valence electrons. The highest BCUT2D eigenvalue weighted by molar-refractivity contribution is 5.48. The van der Waals surface area contributed by atoms with Crippen molar-refractivity contribution in [3.05, 3.63) is 23.4 Å². The molecule has 0 unspecified atom stereocenters. The van der Waals surface area contributed by atoms with E-state index in [0.29, 0.717) is 6.04 Å². The minimum absolute atomic E-state index is 0.590. The van der Waals surface area contributed by atoms with Crippen molar-refractivity contribution < 1.29 is 0 Å². The van der Waals surface area contributed by atoms with E-state index in [-0.39, 0.29) is 0 Å². The van der Waals surface area contributed by atoms with Gasteiger partial charge >= 0.3 is 0 Å². The maximum Gasteiger partial charge on any atom is 0.131 e. The second-order valence-electron chi connectivity index (χ2n) is 6.24. The average Bonchev–Trinajstić information content (AvgIpc) is 3.01. The van der Waals surface area contributed by atoms with Crippen LogP contribution in [0.15, 0.2) is 12.3 Å². The Kier molecular flexibility index (Phi) is 4.25. The molecule has 0 N–H and O–H groups in total. The first-order valence-corrected chi connectivity index (χ1v) is 8.25. The van der Waals surface area contributed by atoms with Crippen LogP contribution in [0.4, 0.5) is 5.82 Å². The summed E-state index contributed by atoms with van der Waals surface area (Å²) in [5, 5.41) is 0. The molecule has 2 fully saturated rings. The van der Waals surface area contributed by atoms with E-state index in [1.165, 1.54) is 68.7 Å². The normalized spacial score (nSPS) is 24.3. The minimum atomic E-state index is 0.590. The molecule has 3 heteroatoms. The van der Waals surface area contributed by atoms with E-state index in [1.807, 2.05) is 0 Å². The molecular weight excluding hydrogens is 246 g/mol. The maximum atomic E-state index is 4.80. The topological polar surface area (TPSA) is 19.4 Å². The number of aromatic nitrogens is 1. The summed E-state index contributed by atoms with van der Waals surface area (Å²) >= 11 is 0. The Morgan fingerprint density at radius 2 is 1.90 bits per heavy atom. The Hall–Kier alpha value is -1.09. The summed E-state index contributed by atoms with van der Waals surface area (Å²) in [5.41, 5.74) is 2.78. The molecule has 1 aromatic heterocycles. The van der Waals surface area contributed by atoms with Crippen molar-refractivity contribution in [2.24, 2.45) is 0 Å². The van der Waals surface area contributed by atoms with Crippen LogP contribution < -0.4 is 4.90 Å². The number of rotatable bonds is 3. The highest BCUT2D eigenvalue weighted by atomic mass is 15.2. The second-order valence-corrected chi connectivity index (χ2v) is 6.24. The third-order valence-electron chi connectivity index (χ3n) is 4.88. The fourth-order valence-corrected chi connectivity index (χ4v) is 3.78. The van der Waals surface area contributed by atoms with Gasteiger partial charge in [-0.2, -0.15) is 0 Å². The van der Waals surface area contributed by atoms with Crippen LogP contribution in [-0.2, 0) is 0 Å². The first-order valence-electron chi connectivity index (χ1n) is 8.25. The second kappa shape index (κ2) is 6.13. The minimum Gasteiger partial charge on any atom is -0.356 e. The van der Waals surface area contributed by atoms with Gasteiger partial charge in [0.25, 0.3) is 0 Å². The predicted molar refractivity (Wildman–Crippen MR) is 84.3 cm³/mol. The lowest BCUT2D eigenvalue weighted by Crippen LogP contribution is -2.33. The summed E-state index contributed by atoms with van der Waals surface area (Å²) in [4.78, 5) is 9.85. The lowest BCUT2D eigenvalue weighted by atomic mass is 9.95. The molecule has 0 radical (unpaired) electrons. The first-order chi connectivity index (χ1) is 9.79. The van der Waals surface area contributed by atoms with E-state index >= 15 is 0 Å². The fourth-order valence-electron chi connectivity index (χ4n) is 3.78. The quantitative estimate of drug-likeness (QED) is 0.839. The number of likely N-dealkylation sites (tertiary alicyclic amines) is 1. The van der Waals surface area contributed by atoms with Gasteiger partial charge in [0.15, 0.2) is 0 Å². The highest BCUT2D eigenvalue weighted by Crippen LogP contribution is 2.32. The number of hydrogen-bond donors (Lipinski definition) is 0. The average molecular weight is 273 g/mol. The maximum absolute atomic E-state index is 4.80. The number of hydrogen-bond acceptors (Lipinski definition) is 3. The van der Waals surface area contributed by atoms with Gasteiger partial charge in [-0.25, -0.2) is 4.98 Å². The summed E-state index contributed by atoms with van der Waals surface area (Å²) in [6.07, 6.45) is 8.76. The van der Waals surface area contributed by atoms with Crippen LogP contribution >= 0.6 is 0 Å².